The molecular weight excluding hydrogens is 478 g/mol. The van der Waals surface area contributed by atoms with Crippen LogP contribution in [0.3, 0.4) is 0 Å². The Hall–Kier alpha value is -2.86. The lowest BCUT2D eigenvalue weighted by molar-refractivity contribution is -0.00518. The number of para-hydroxylation sites is 1. The fourth-order valence-corrected chi connectivity index (χ4v) is 5.10. The molecule has 12 heteroatoms. The molecule has 2 aliphatic rings. The fraction of sp³-hybridized carbons (Fsp3) is 0.409. The number of hydrogen-bond donors (Lipinski definition) is 1. The second kappa shape index (κ2) is 9.06. The minimum atomic E-state index is -4.64. The number of carbonyl (C=O) groups excluding carboxylic acids is 1. The SMILES string of the molecule is CN1CCOc2c(F)cccc2-c2cccc(c2)C[C@H]2[C@@H](NS(=O)(=O)CF)C(F)(F)CN2C1=O. The fourth-order valence-electron chi connectivity index (χ4n) is 4.32. The normalized spacial score (nSPS) is 22.7. The summed E-state index contributed by atoms with van der Waals surface area (Å²) in [6.45, 7) is -1.20. The topological polar surface area (TPSA) is 79.0 Å². The summed E-state index contributed by atoms with van der Waals surface area (Å²) < 4.78 is 88.5. The van der Waals surface area contributed by atoms with E-state index in [2.05, 4.69) is 0 Å². The van der Waals surface area contributed by atoms with Crippen LogP contribution in [0.1, 0.15) is 5.56 Å². The molecule has 2 bridgehead atoms. The van der Waals surface area contributed by atoms with Gasteiger partial charge >= 0.3 is 6.03 Å². The first-order valence-electron chi connectivity index (χ1n) is 10.5. The van der Waals surface area contributed by atoms with Gasteiger partial charge in [-0.05, 0) is 23.6 Å². The van der Waals surface area contributed by atoms with Gasteiger partial charge in [0.15, 0.2) is 11.6 Å². The number of sulfonamides is 1. The first-order valence-corrected chi connectivity index (χ1v) is 12.1. The van der Waals surface area contributed by atoms with Crippen LogP contribution in [0.4, 0.5) is 22.4 Å². The highest BCUT2D eigenvalue weighted by molar-refractivity contribution is 7.89. The Labute approximate surface area is 194 Å². The summed E-state index contributed by atoms with van der Waals surface area (Å²) in [6.07, 6.45) is -0.145. The van der Waals surface area contributed by atoms with Crippen molar-refractivity contribution in [2.24, 2.45) is 0 Å². The van der Waals surface area contributed by atoms with Crippen molar-refractivity contribution < 1.29 is 35.5 Å². The summed E-state index contributed by atoms with van der Waals surface area (Å²) >= 11 is 0. The zero-order chi connectivity index (χ0) is 24.7. The largest absolute Gasteiger partial charge is 0.488 e. The number of ether oxygens (including phenoxy) is 1. The maximum absolute atomic E-state index is 15.0. The third-order valence-electron chi connectivity index (χ3n) is 5.97. The summed E-state index contributed by atoms with van der Waals surface area (Å²) in [5.74, 6) is -4.22. The number of hydrogen-bond acceptors (Lipinski definition) is 4. The van der Waals surface area contributed by atoms with Gasteiger partial charge in [0.2, 0.25) is 16.0 Å². The predicted octanol–water partition coefficient (Wildman–Crippen LogP) is 3.01. The van der Waals surface area contributed by atoms with Crippen molar-refractivity contribution in [3.05, 3.63) is 53.8 Å². The molecule has 4 rings (SSSR count). The molecule has 0 spiro atoms. The van der Waals surface area contributed by atoms with Crippen LogP contribution in [0.15, 0.2) is 42.5 Å². The van der Waals surface area contributed by atoms with Gasteiger partial charge < -0.3 is 14.5 Å². The lowest BCUT2D eigenvalue weighted by atomic mass is 9.96. The molecule has 2 aromatic rings. The van der Waals surface area contributed by atoms with Crippen LogP contribution in [0.5, 0.6) is 5.75 Å². The summed E-state index contributed by atoms with van der Waals surface area (Å²) in [6, 6.07) is 5.06. The van der Waals surface area contributed by atoms with Crippen LogP contribution in [0, 0.1) is 5.82 Å². The molecule has 0 aromatic heterocycles. The third kappa shape index (κ3) is 4.69. The number of carbonyl (C=O) groups is 1. The molecule has 2 heterocycles. The molecule has 2 aliphatic heterocycles. The van der Waals surface area contributed by atoms with Crippen LogP contribution in [0.25, 0.3) is 11.1 Å². The summed E-state index contributed by atoms with van der Waals surface area (Å²) in [5.41, 5.74) is 1.50. The number of halogens is 4. The van der Waals surface area contributed by atoms with Gasteiger partial charge in [0, 0.05) is 12.6 Å². The van der Waals surface area contributed by atoms with Gasteiger partial charge in [0.1, 0.15) is 12.6 Å². The first kappa shape index (κ1) is 24.3. The average molecular weight is 502 g/mol. The number of urea groups is 1. The van der Waals surface area contributed by atoms with E-state index in [9.17, 15) is 30.8 Å². The van der Waals surface area contributed by atoms with Crippen molar-refractivity contribution in [3.8, 4) is 16.9 Å². The van der Waals surface area contributed by atoms with Crippen molar-refractivity contribution in [2.75, 3.05) is 32.8 Å². The van der Waals surface area contributed by atoms with Crippen LogP contribution < -0.4 is 9.46 Å². The van der Waals surface area contributed by atoms with E-state index in [0.29, 0.717) is 16.7 Å². The van der Waals surface area contributed by atoms with E-state index < -0.39 is 52.4 Å². The number of nitrogens with zero attached hydrogens (tertiary/aromatic N) is 2. The second-order valence-electron chi connectivity index (χ2n) is 8.35. The summed E-state index contributed by atoms with van der Waals surface area (Å²) in [5, 5.41) is 0. The zero-order valence-corrected chi connectivity index (χ0v) is 19.0. The Kier molecular flexibility index (Phi) is 6.47. The van der Waals surface area contributed by atoms with Crippen molar-refractivity contribution >= 4 is 16.1 Å². The van der Waals surface area contributed by atoms with E-state index in [1.807, 2.05) is 0 Å². The molecule has 0 saturated carbocycles. The zero-order valence-electron chi connectivity index (χ0n) is 18.2. The molecule has 7 nitrogen and oxygen atoms in total. The number of likely N-dealkylation sites (N-methyl/N-ethyl adjacent to an activating group) is 1. The minimum absolute atomic E-state index is 0.000335. The van der Waals surface area contributed by atoms with Crippen LogP contribution in [-0.4, -0.2) is 75.0 Å². The van der Waals surface area contributed by atoms with Gasteiger partial charge in [-0.25, -0.2) is 35.5 Å². The predicted molar refractivity (Wildman–Crippen MR) is 116 cm³/mol. The Morgan fingerprint density at radius 2 is 1.94 bits per heavy atom. The highest BCUT2D eigenvalue weighted by Gasteiger charge is 2.57. The number of amides is 2. The van der Waals surface area contributed by atoms with Crippen molar-refractivity contribution in [1.82, 2.24) is 14.5 Å². The molecule has 2 atom stereocenters. The van der Waals surface area contributed by atoms with Gasteiger partial charge in [-0.1, -0.05) is 36.4 Å². The molecule has 1 saturated heterocycles. The quantitative estimate of drug-likeness (QED) is 0.656. The monoisotopic (exact) mass is 501 g/mol. The van der Waals surface area contributed by atoms with Crippen LogP contribution in [-0.2, 0) is 16.4 Å². The molecule has 1 fully saturated rings. The first-order chi connectivity index (χ1) is 16.0. The van der Waals surface area contributed by atoms with Gasteiger partial charge in [-0.15, -0.1) is 0 Å². The molecule has 0 aliphatic carbocycles. The highest BCUT2D eigenvalue weighted by Crippen LogP contribution is 2.37. The Bertz CT molecular complexity index is 1190. The second-order valence-corrected chi connectivity index (χ2v) is 10.0. The van der Waals surface area contributed by atoms with E-state index in [0.717, 1.165) is 9.80 Å². The lowest BCUT2D eigenvalue weighted by Gasteiger charge is -2.31. The number of benzene rings is 2. The van der Waals surface area contributed by atoms with E-state index >= 15 is 0 Å². The number of rotatable bonds is 3. The smallest absolute Gasteiger partial charge is 0.320 e. The molecule has 0 unspecified atom stereocenters. The van der Waals surface area contributed by atoms with Crippen LogP contribution in [0.2, 0.25) is 0 Å². The molecule has 34 heavy (non-hydrogen) atoms. The van der Waals surface area contributed by atoms with E-state index in [4.69, 9.17) is 4.74 Å². The molecule has 2 amide bonds. The maximum atomic E-state index is 15.0. The van der Waals surface area contributed by atoms with Crippen molar-refractivity contribution in [3.63, 3.8) is 0 Å². The van der Waals surface area contributed by atoms with Crippen molar-refractivity contribution in [2.45, 2.75) is 24.4 Å². The van der Waals surface area contributed by atoms with Gasteiger partial charge in [0.25, 0.3) is 5.92 Å². The molecular formula is C22H23F4N3O4S. The average Bonchev–Trinajstić information content (AvgIpc) is 3.03. The number of alkyl halides is 3. The minimum Gasteiger partial charge on any atom is -0.488 e. The highest BCUT2D eigenvalue weighted by atomic mass is 32.2. The number of nitrogens with one attached hydrogen (secondary N) is 1. The summed E-state index contributed by atoms with van der Waals surface area (Å²) in [7, 11) is -3.26. The Morgan fingerprint density at radius 1 is 1.21 bits per heavy atom. The Balaban J connectivity index is 1.81. The molecule has 1 N–H and O–H groups in total. The van der Waals surface area contributed by atoms with E-state index in [-0.39, 0.29) is 25.3 Å². The molecule has 0 radical (unpaired) electrons. The molecule has 2 aromatic carbocycles. The lowest BCUT2D eigenvalue weighted by Crippen LogP contribution is -2.53. The maximum Gasteiger partial charge on any atom is 0.320 e. The van der Waals surface area contributed by atoms with E-state index in [1.165, 1.54) is 19.2 Å². The third-order valence-corrected chi connectivity index (χ3v) is 6.87. The molecule has 184 valence electrons. The van der Waals surface area contributed by atoms with Crippen LogP contribution >= 0.6 is 0 Å². The number of fused-ring (bicyclic) bond motifs is 5. The summed E-state index contributed by atoms with van der Waals surface area (Å²) in [4.78, 5) is 15.1. The van der Waals surface area contributed by atoms with Crippen molar-refractivity contribution in [1.29, 1.82) is 0 Å². The van der Waals surface area contributed by atoms with Gasteiger partial charge in [0.05, 0.1) is 19.1 Å². The van der Waals surface area contributed by atoms with E-state index in [1.54, 1.807) is 35.1 Å². The van der Waals surface area contributed by atoms with Gasteiger partial charge in [-0.2, -0.15) is 0 Å². The standard InChI is InChI=1S/C22H23F4N3O4S/c1-28-8-9-33-19-16(6-3-7-17(19)24)15-5-2-4-14(10-15)11-18-20(27-34(31,32)13-23)22(25,26)12-29(18)21(28)30/h2-7,10,18,20,27H,8-9,11-13H2,1H3/t18-,20+/m0/s1. The van der Waals surface area contributed by atoms with Gasteiger partial charge in [-0.3, -0.25) is 0 Å². The Morgan fingerprint density at radius 3 is 2.68 bits per heavy atom.